The summed E-state index contributed by atoms with van der Waals surface area (Å²) in [6.07, 6.45) is 0.975. The fourth-order valence-electron chi connectivity index (χ4n) is 3.22. The van der Waals surface area contributed by atoms with Crippen LogP contribution >= 0.6 is 0 Å². The van der Waals surface area contributed by atoms with Gasteiger partial charge in [-0.25, -0.2) is 0 Å². The van der Waals surface area contributed by atoms with E-state index in [1.807, 2.05) is 31.2 Å². The lowest BCUT2D eigenvalue weighted by Gasteiger charge is -2.22. The maximum absolute atomic E-state index is 12.7. The van der Waals surface area contributed by atoms with E-state index in [1.54, 1.807) is 12.0 Å². The second-order valence-corrected chi connectivity index (χ2v) is 5.79. The molecule has 0 aliphatic carbocycles. The standard InChI is InChI=1S/C17H21NO4/c1-11-15(14-5-3-4-6-16(14)22-11)8-17(20)18-9-13(21-2)7-12(18)10-19/h3-6,12-13,19H,7-10H2,1-2H3/t12-,13+/m0/s1. The van der Waals surface area contributed by atoms with Crippen molar-refractivity contribution in [3.8, 4) is 0 Å². The van der Waals surface area contributed by atoms with Crippen molar-refractivity contribution in [3.63, 3.8) is 0 Å². The van der Waals surface area contributed by atoms with Crippen molar-refractivity contribution in [2.45, 2.75) is 31.9 Å². The molecule has 0 unspecified atom stereocenters. The van der Waals surface area contributed by atoms with Crippen molar-refractivity contribution in [1.82, 2.24) is 4.90 Å². The Bertz CT molecular complexity index is 678. The third-order valence-corrected chi connectivity index (χ3v) is 4.47. The normalized spacial score (nSPS) is 21.7. The van der Waals surface area contributed by atoms with Gasteiger partial charge >= 0.3 is 0 Å². The molecule has 5 nitrogen and oxygen atoms in total. The van der Waals surface area contributed by atoms with E-state index in [2.05, 4.69) is 0 Å². The molecule has 0 saturated carbocycles. The van der Waals surface area contributed by atoms with E-state index in [-0.39, 0.29) is 31.1 Å². The topological polar surface area (TPSA) is 62.9 Å². The number of carbonyl (C=O) groups is 1. The Labute approximate surface area is 129 Å². The highest BCUT2D eigenvalue weighted by atomic mass is 16.5. The predicted octanol–water partition coefficient (Wildman–Crippen LogP) is 1.89. The third-order valence-electron chi connectivity index (χ3n) is 4.47. The van der Waals surface area contributed by atoms with Crippen molar-refractivity contribution in [1.29, 1.82) is 0 Å². The fraction of sp³-hybridized carbons (Fsp3) is 0.471. The molecule has 1 aliphatic rings. The van der Waals surface area contributed by atoms with Gasteiger partial charge in [-0.2, -0.15) is 0 Å². The predicted molar refractivity (Wildman–Crippen MR) is 82.7 cm³/mol. The van der Waals surface area contributed by atoms with Gasteiger partial charge in [-0.15, -0.1) is 0 Å². The maximum Gasteiger partial charge on any atom is 0.227 e. The number of fused-ring (bicyclic) bond motifs is 1. The molecule has 2 atom stereocenters. The average Bonchev–Trinajstić information content (AvgIpc) is 3.09. The molecule has 1 N–H and O–H groups in total. The van der Waals surface area contributed by atoms with Crippen LogP contribution in [-0.2, 0) is 16.0 Å². The highest BCUT2D eigenvalue weighted by Gasteiger charge is 2.35. The quantitative estimate of drug-likeness (QED) is 0.937. The smallest absolute Gasteiger partial charge is 0.227 e. The minimum atomic E-state index is -0.157. The molecule has 2 heterocycles. The summed E-state index contributed by atoms with van der Waals surface area (Å²) in [6, 6.07) is 7.58. The zero-order chi connectivity index (χ0) is 15.7. The Morgan fingerprint density at radius 2 is 2.23 bits per heavy atom. The number of carbonyl (C=O) groups excluding carboxylic acids is 1. The Kier molecular flexibility index (Phi) is 4.18. The Hall–Kier alpha value is -1.85. The largest absolute Gasteiger partial charge is 0.461 e. The number of aliphatic hydroxyl groups excluding tert-OH is 1. The van der Waals surface area contributed by atoms with Crippen LogP contribution in [0, 0.1) is 6.92 Å². The van der Waals surface area contributed by atoms with Crippen LogP contribution in [0.1, 0.15) is 17.7 Å². The number of amides is 1. The van der Waals surface area contributed by atoms with Gasteiger partial charge in [0.15, 0.2) is 0 Å². The monoisotopic (exact) mass is 303 g/mol. The van der Waals surface area contributed by atoms with Gasteiger partial charge < -0.3 is 19.2 Å². The van der Waals surface area contributed by atoms with Crippen LogP contribution in [0.2, 0.25) is 0 Å². The summed E-state index contributed by atoms with van der Waals surface area (Å²) in [4.78, 5) is 14.4. The molecule has 3 rings (SSSR count). The number of aliphatic hydroxyl groups is 1. The lowest BCUT2D eigenvalue weighted by Crippen LogP contribution is -2.39. The fourth-order valence-corrected chi connectivity index (χ4v) is 3.22. The van der Waals surface area contributed by atoms with Crippen LogP contribution < -0.4 is 0 Å². The number of methoxy groups -OCH3 is 1. The third kappa shape index (κ3) is 2.62. The van der Waals surface area contributed by atoms with Crippen molar-refractivity contribution in [2.75, 3.05) is 20.3 Å². The summed E-state index contributed by atoms with van der Waals surface area (Å²) in [5, 5.41) is 10.5. The summed E-state index contributed by atoms with van der Waals surface area (Å²) in [7, 11) is 1.64. The molecule has 5 heteroatoms. The van der Waals surface area contributed by atoms with Crippen LogP contribution in [0.25, 0.3) is 11.0 Å². The van der Waals surface area contributed by atoms with Gasteiger partial charge in [0.2, 0.25) is 5.91 Å². The molecule has 1 aromatic carbocycles. The molecule has 2 aromatic rings. The summed E-state index contributed by atoms with van der Waals surface area (Å²) in [6.45, 7) is 2.39. The number of ether oxygens (including phenoxy) is 1. The molecule has 22 heavy (non-hydrogen) atoms. The lowest BCUT2D eigenvalue weighted by atomic mass is 10.1. The number of nitrogens with zero attached hydrogens (tertiary/aromatic N) is 1. The molecule has 1 aliphatic heterocycles. The molecule has 118 valence electrons. The van der Waals surface area contributed by atoms with Crippen LogP contribution in [0.15, 0.2) is 28.7 Å². The number of para-hydroxylation sites is 1. The molecule has 1 fully saturated rings. The van der Waals surface area contributed by atoms with Gasteiger partial charge in [0, 0.05) is 24.6 Å². The molecule has 1 saturated heterocycles. The highest BCUT2D eigenvalue weighted by molar-refractivity contribution is 5.88. The molecular weight excluding hydrogens is 282 g/mol. The maximum atomic E-state index is 12.7. The van der Waals surface area contributed by atoms with Crippen LogP contribution in [0.4, 0.5) is 0 Å². The Morgan fingerprint density at radius 3 is 2.95 bits per heavy atom. The first-order valence-corrected chi connectivity index (χ1v) is 7.54. The van der Waals surface area contributed by atoms with Crippen molar-refractivity contribution >= 4 is 16.9 Å². The number of furan rings is 1. The van der Waals surface area contributed by atoms with E-state index < -0.39 is 0 Å². The van der Waals surface area contributed by atoms with E-state index >= 15 is 0 Å². The van der Waals surface area contributed by atoms with Gasteiger partial charge in [-0.3, -0.25) is 4.79 Å². The molecule has 0 spiro atoms. The van der Waals surface area contributed by atoms with E-state index in [4.69, 9.17) is 9.15 Å². The molecule has 1 aromatic heterocycles. The summed E-state index contributed by atoms with van der Waals surface area (Å²) >= 11 is 0. The Balaban J connectivity index is 1.82. The second-order valence-electron chi connectivity index (χ2n) is 5.79. The number of benzene rings is 1. The minimum absolute atomic E-state index is 0.00305. The van der Waals surface area contributed by atoms with E-state index in [0.29, 0.717) is 13.0 Å². The zero-order valence-corrected chi connectivity index (χ0v) is 12.9. The summed E-state index contributed by atoms with van der Waals surface area (Å²) in [5.74, 6) is 0.783. The van der Waals surface area contributed by atoms with Gasteiger partial charge in [0.25, 0.3) is 0 Å². The highest BCUT2D eigenvalue weighted by Crippen LogP contribution is 2.27. The number of likely N-dealkylation sites (tertiary alicyclic amines) is 1. The SMILES string of the molecule is CO[C@@H]1C[C@@H](CO)N(C(=O)Cc2c(C)oc3ccccc23)C1. The first kappa shape index (κ1) is 15.1. The molecule has 1 amide bonds. The lowest BCUT2D eigenvalue weighted by molar-refractivity contribution is -0.132. The second kappa shape index (κ2) is 6.10. The number of hydrogen-bond acceptors (Lipinski definition) is 4. The van der Waals surface area contributed by atoms with Crippen LogP contribution in [0.5, 0.6) is 0 Å². The van der Waals surface area contributed by atoms with Gasteiger partial charge in [-0.05, 0) is 19.4 Å². The molecular formula is C17H21NO4. The first-order valence-electron chi connectivity index (χ1n) is 7.54. The van der Waals surface area contributed by atoms with E-state index in [9.17, 15) is 9.90 Å². The first-order chi connectivity index (χ1) is 10.6. The number of aryl methyl sites for hydroxylation is 1. The van der Waals surface area contributed by atoms with Crippen molar-refractivity contribution < 1.29 is 19.1 Å². The van der Waals surface area contributed by atoms with Gasteiger partial charge in [0.1, 0.15) is 11.3 Å². The Morgan fingerprint density at radius 1 is 1.45 bits per heavy atom. The summed E-state index contributed by atoms with van der Waals surface area (Å²) < 4.78 is 11.0. The minimum Gasteiger partial charge on any atom is -0.461 e. The van der Waals surface area contributed by atoms with E-state index in [1.165, 1.54) is 0 Å². The van der Waals surface area contributed by atoms with Crippen LogP contribution in [-0.4, -0.2) is 48.3 Å². The molecule has 0 bridgehead atoms. The van der Waals surface area contributed by atoms with Crippen LogP contribution in [0.3, 0.4) is 0 Å². The van der Waals surface area contributed by atoms with Crippen molar-refractivity contribution in [3.05, 3.63) is 35.6 Å². The van der Waals surface area contributed by atoms with Gasteiger partial charge in [-0.1, -0.05) is 18.2 Å². The zero-order valence-electron chi connectivity index (χ0n) is 12.9. The summed E-state index contributed by atoms with van der Waals surface area (Å²) in [5.41, 5.74) is 1.73. The van der Waals surface area contributed by atoms with E-state index in [0.717, 1.165) is 22.3 Å². The average molecular weight is 303 g/mol. The number of rotatable bonds is 4. The van der Waals surface area contributed by atoms with Gasteiger partial charge in [0.05, 0.1) is 25.2 Å². The van der Waals surface area contributed by atoms with Crippen molar-refractivity contribution in [2.24, 2.45) is 0 Å². The number of hydrogen-bond donors (Lipinski definition) is 1. The molecule has 0 radical (unpaired) electrons.